The molecule has 0 amide bonds. The van der Waals surface area contributed by atoms with Crippen molar-refractivity contribution in [2.75, 3.05) is 0 Å². The van der Waals surface area contributed by atoms with E-state index in [4.69, 9.17) is 0 Å². The Morgan fingerprint density at radius 3 is 2.22 bits per heavy atom. The molecule has 0 aliphatic heterocycles. The molecule has 2 aromatic rings. The van der Waals surface area contributed by atoms with Crippen LogP contribution in [0.3, 0.4) is 0 Å². The van der Waals surface area contributed by atoms with Crippen LogP contribution in [0.25, 0.3) is 0 Å². The van der Waals surface area contributed by atoms with Gasteiger partial charge in [-0.15, -0.1) is 0 Å². The van der Waals surface area contributed by atoms with Crippen LogP contribution in [0.2, 0.25) is 0 Å². The summed E-state index contributed by atoms with van der Waals surface area (Å²) in [5, 5.41) is 0. The first-order valence-electron chi connectivity index (χ1n) is 5.26. The molecule has 0 aliphatic carbocycles. The predicted molar refractivity (Wildman–Crippen MR) is 61.7 cm³/mol. The average molecular weight is 244 g/mol. The van der Waals surface area contributed by atoms with Crippen molar-refractivity contribution in [3.05, 3.63) is 59.9 Å². The van der Waals surface area contributed by atoms with Gasteiger partial charge in [-0.3, -0.25) is 9.59 Å². The molecule has 0 bridgehead atoms. The Labute approximate surface area is 103 Å². The van der Waals surface area contributed by atoms with Gasteiger partial charge in [0.05, 0.1) is 6.42 Å². The van der Waals surface area contributed by atoms with E-state index >= 15 is 0 Å². The van der Waals surface area contributed by atoms with Crippen molar-refractivity contribution in [3.8, 4) is 0 Å². The van der Waals surface area contributed by atoms with Gasteiger partial charge in [0.1, 0.15) is 5.82 Å². The first-order chi connectivity index (χ1) is 8.66. The van der Waals surface area contributed by atoms with E-state index in [0.717, 1.165) is 0 Å². The number of hydrogen-bond donors (Lipinski definition) is 0. The molecule has 90 valence electrons. The van der Waals surface area contributed by atoms with Gasteiger partial charge in [-0.1, -0.05) is 0 Å². The lowest BCUT2D eigenvalue weighted by Crippen LogP contribution is -2.11. The van der Waals surface area contributed by atoms with Crippen molar-refractivity contribution in [1.82, 2.24) is 9.97 Å². The molecule has 0 saturated carbocycles. The van der Waals surface area contributed by atoms with Gasteiger partial charge in [0.15, 0.2) is 11.6 Å². The van der Waals surface area contributed by atoms with Crippen molar-refractivity contribution in [2.45, 2.75) is 6.42 Å². The second-order valence-corrected chi connectivity index (χ2v) is 3.60. The molecule has 1 heterocycles. The molecular weight excluding hydrogens is 235 g/mol. The number of ketones is 2. The largest absolute Gasteiger partial charge is 0.294 e. The van der Waals surface area contributed by atoms with Gasteiger partial charge in [0, 0.05) is 18.0 Å². The van der Waals surface area contributed by atoms with Crippen LogP contribution in [0.1, 0.15) is 27.4 Å². The summed E-state index contributed by atoms with van der Waals surface area (Å²) in [7, 11) is 0. The summed E-state index contributed by atoms with van der Waals surface area (Å²) in [5.74, 6) is -1.25. The van der Waals surface area contributed by atoms with Crippen LogP contribution in [-0.4, -0.2) is 21.5 Å². The number of aromatic nitrogens is 2. The van der Waals surface area contributed by atoms with Crippen LogP contribution < -0.4 is 0 Å². The molecule has 2 rings (SSSR count). The van der Waals surface area contributed by atoms with E-state index in [1.54, 1.807) is 6.07 Å². The van der Waals surface area contributed by atoms with E-state index in [-0.39, 0.29) is 18.0 Å². The van der Waals surface area contributed by atoms with Gasteiger partial charge in [0.25, 0.3) is 0 Å². The Morgan fingerprint density at radius 2 is 1.61 bits per heavy atom. The molecule has 0 unspecified atom stereocenters. The van der Waals surface area contributed by atoms with Gasteiger partial charge in [-0.25, -0.2) is 14.4 Å². The zero-order valence-corrected chi connectivity index (χ0v) is 9.34. The minimum absolute atomic E-state index is 0.00737. The Hall–Kier alpha value is -2.43. The van der Waals surface area contributed by atoms with Crippen LogP contribution in [0.4, 0.5) is 4.39 Å². The van der Waals surface area contributed by atoms with Gasteiger partial charge < -0.3 is 0 Å². The molecule has 0 radical (unpaired) electrons. The minimum atomic E-state index is -0.454. The molecule has 18 heavy (non-hydrogen) atoms. The summed E-state index contributed by atoms with van der Waals surface area (Å²) in [4.78, 5) is 30.9. The van der Waals surface area contributed by atoms with E-state index in [9.17, 15) is 14.0 Å². The van der Waals surface area contributed by atoms with Gasteiger partial charge in [-0.05, 0) is 30.3 Å². The lowest BCUT2D eigenvalue weighted by Gasteiger charge is -2.00. The van der Waals surface area contributed by atoms with Crippen LogP contribution in [0.15, 0.2) is 42.7 Å². The van der Waals surface area contributed by atoms with Crippen LogP contribution in [-0.2, 0) is 0 Å². The topological polar surface area (TPSA) is 59.9 Å². The summed E-state index contributed by atoms with van der Waals surface area (Å²) < 4.78 is 12.7. The highest BCUT2D eigenvalue weighted by Crippen LogP contribution is 2.07. The molecule has 0 fully saturated rings. The minimum Gasteiger partial charge on any atom is -0.294 e. The number of rotatable bonds is 4. The van der Waals surface area contributed by atoms with Gasteiger partial charge >= 0.3 is 0 Å². The maximum Gasteiger partial charge on any atom is 0.207 e. The summed E-state index contributed by atoms with van der Waals surface area (Å²) in [5.41, 5.74) is 0.292. The predicted octanol–water partition coefficient (Wildman–Crippen LogP) is 2.07. The highest BCUT2D eigenvalue weighted by molar-refractivity contribution is 6.12. The fraction of sp³-hybridized carbons (Fsp3) is 0.0769. The molecule has 0 saturated heterocycles. The Kier molecular flexibility index (Phi) is 3.52. The number of carbonyl (C=O) groups is 2. The summed E-state index contributed by atoms with van der Waals surface area (Å²) in [6, 6.07) is 6.62. The fourth-order valence-corrected chi connectivity index (χ4v) is 1.41. The summed E-state index contributed by atoms with van der Waals surface area (Å²) in [6.07, 6.45) is 2.54. The summed E-state index contributed by atoms with van der Waals surface area (Å²) >= 11 is 0. The molecule has 4 nitrogen and oxygen atoms in total. The fourth-order valence-electron chi connectivity index (χ4n) is 1.41. The Morgan fingerprint density at radius 1 is 1.00 bits per heavy atom. The van der Waals surface area contributed by atoms with Crippen molar-refractivity contribution in [2.24, 2.45) is 0 Å². The molecule has 1 aromatic carbocycles. The van der Waals surface area contributed by atoms with Gasteiger partial charge in [-0.2, -0.15) is 0 Å². The second kappa shape index (κ2) is 5.27. The Bertz CT molecular complexity index is 567. The number of Topliss-reactive ketones (excluding diaryl/α,β-unsaturated/α-hetero) is 2. The molecule has 0 atom stereocenters. The number of benzene rings is 1. The average Bonchev–Trinajstić information content (AvgIpc) is 2.40. The first-order valence-corrected chi connectivity index (χ1v) is 5.26. The van der Waals surface area contributed by atoms with E-state index in [1.807, 2.05) is 0 Å². The highest BCUT2D eigenvalue weighted by Gasteiger charge is 2.15. The third-order valence-electron chi connectivity index (χ3n) is 2.30. The first kappa shape index (κ1) is 12.0. The number of halogens is 1. The molecular formula is C13H9FN2O2. The van der Waals surface area contributed by atoms with Crippen molar-refractivity contribution < 1.29 is 14.0 Å². The normalized spacial score (nSPS) is 10.1. The lowest BCUT2D eigenvalue weighted by molar-refractivity contribution is 0.0888. The molecule has 5 heteroatoms. The van der Waals surface area contributed by atoms with Crippen molar-refractivity contribution >= 4 is 11.6 Å². The maximum atomic E-state index is 12.7. The van der Waals surface area contributed by atoms with Gasteiger partial charge in [0.2, 0.25) is 5.78 Å². The zero-order chi connectivity index (χ0) is 13.0. The second-order valence-electron chi connectivity index (χ2n) is 3.60. The highest BCUT2D eigenvalue weighted by atomic mass is 19.1. The van der Waals surface area contributed by atoms with E-state index in [0.29, 0.717) is 5.56 Å². The lowest BCUT2D eigenvalue weighted by atomic mass is 10.1. The quantitative estimate of drug-likeness (QED) is 0.610. The van der Waals surface area contributed by atoms with E-state index < -0.39 is 11.6 Å². The van der Waals surface area contributed by atoms with Crippen molar-refractivity contribution in [3.63, 3.8) is 0 Å². The SMILES string of the molecule is O=C(CC(=O)c1ncccn1)c1ccc(F)cc1. The summed E-state index contributed by atoms with van der Waals surface area (Å²) in [6.45, 7) is 0. The third kappa shape index (κ3) is 2.82. The number of carbonyl (C=O) groups excluding carboxylic acids is 2. The van der Waals surface area contributed by atoms with Crippen LogP contribution in [0, 0.1) is 5.82 Å². The van der Waals surface area contributed by atoms with Crippen molar-refractivity contribution in [1.29, 1.82) is 0 Å². The standard InChI is InChI=1S/C13H9FN2O2/c14-10-4-2-9(3-5-10)11(17)8-12(18)13-15-6-1-7-16-13/h1-7H,8H2. The van der Waals surface area contributed by atoms with E-state index in [2.05, 4.69) is 9.97 Å². The molecule has 1 aromatic heterocycles. The number of hydrogen-bond acceptors (Lipinski definition) is 4. The Balaban J connectivity index is 2.08. The van der Waals surface area contributed by atoms with Crippen LogP contribution in [0.5, 0.6) is 0 Å². The zero-order valence-electron chi connectivity index (χ0n) is 9.34. The smallest absolute Gasteiger partial charge is 0.207 e. The molecule has 0 N–H and O–H groups in total. The third-order valence-corrected chi connectivity index (χ3v) is 2.30. The molecule has 0 spiro atoms. The van der Waals surface area contributed by atoms with Crippen LogP contribution >= 0.6 is 0 Å². The number of nitrogens with zero attached hydrogens (tertiary/aromatic N) is 2. The maximum absolute atomic E-state index is 12.7. The molecule has 0 aliphatic rings. The monoisotopic (exact) mass is 244 g/mol. The van der Waals surface area contributed by atoms with E-state index in [1.165, 1.54) is 36.7 Å².